The van der Waals surface area contributed by atoms with Crippen LogP contribution in [-0.4, -0.2) is 84.3 Å². The lowest BCUT2D eigenvalue weighted by Crippen LogP contribution is -2.65. The Kier molecular flexibility index (Phi) is 7.02. The van der Waals surface area contributed by atoms with Crippen LogP contribution in [0.2, 0.25) is 0 Å². The first-order valence-electron chi connectivity index (χ1n) is 13.1. The van der Waals surface area contributed by atoms with E-state index in [1.54, 1.807) is 7.11 Å². The van der Waals surface area contributed by atoms with Gasteiger partial charge in [0.2, 0.25) is 5.91 Å². The Morgan fingerprint density at radius 3 is 2.57 bits per heavy atom. The summed E-state index contributed by atoms with van der Waals surface area (Å²) in [6.07, 6.45) is 6.78. The highest BCUT2D eigenvalue weighted by atomic mass is 16.5. The number of ether oxygens (including phenoxy) is 2. The molecule has 5 rings (SSSR count). The molecule has 0 radical (unpaired) electrons. The second kappa shape index (κ2) is 10.2. The van der Waals surface area contributed by atoms with Crippen molar-refractivity contribution < 1.29 is 19.1 Å². The molecule has 1 aliphatic carbocycles. The molecule has 1 saturated heterocycles. The van der Waals surface area contributed by atoms with Crippen molar-refractivity contribution in [2.24, 2.45) is 0 Å². The Balaban J connectivity index is 1.47. The van der Waals surface area contributed by atoms with E-state index in [9.17, 15) is 9.59 Å². The molecule has 2 amide bonds. The van der Waals surface area contributed by atoms with Gasteiger partial charge in [-0.1, -0.05) is 25.7 Å². The molecule has 3 heterocycles. The van der Waals surface area contributed by atoms with Gasteiger partial charge in [0.25, 0.3) is 5.91 Å². The summed E-state index contributed by atoms with van der Waals surface area (Å²) in [5.41, 5.74) is 0.585. The van der Waals surface area contributed by atoms with Gasteiger partial charge in [-0.15, -0.1) is 0 Å². The molecule has 1 N–H and O–H groups in total. The molecule has 1 saturated carbocycles. The molecule has 8 nitrogen and oxygen atoms in total. The molecule has 8 heteroatoms. The summed E-state index contributed by atoms with van der Waals surface area (Å²) in [6, 6.07) is 7.97. The van der Waals surface area contributed by atoms with Crippen LogP contribution in [0.5, 0.6) is 5.75 Å². The minimum Gasteiger partial charge on any atom is -0.497 e. The van der Waals surface area contributed by atoms with Crippen LogP contribution in [0.4, 0.5) is 0 Å². The topological polar surface area (TPSA) is 76.0 Å². The number of carbonyl (C=O) groups is 2. The van der Waals surface area contributed by atoms with Gasteiger partial charge in [0.05, 0.1) is 32.4 Å². The first-order valence-corrected chi connectivity index (χ1v) is 13.1. The van der Waals surface area contributed by atoms with Gasteiger partial charge >= 0.3 is 0 Å². The molecule has 1 aromatic heterocycles. The molecule has 2 aromatic rings. The summed E-state index contributed by atoms with van der Waals surface area (Å²) in [5.74, 6) is 0.610. The largest absolute Gasteiger partial charge is 0.497 e. The summed E-state index contributed by atoms with van der Waals surface area (Å²) < 4.78 is 12.9. The van der Waals surface area contributed by atoms with E-state index in [1.807, 2.05) is 40.7 Å². The average molecular weight is 483 g/mol. The zero-order chi connectivity index (χ0) is 24.4. The Morgan fingerprint density at radius 1 is 1.11 bits per heavy atom. The normalized spacial score (nSPS) is 24.3. The lowest BCUT2D eigenvalue weighted by molar-refractivity contribution is -0.133. The SMILES string of the molecule is COc1ccc2cc3n(c2c1)CC(C)(C(=O)NC1CCCCCC1)N(CCN1CCOCC1)C3=O. The van der Waals surface area contributed by atoms with Gasteiger partial charge in [-0.25, -0.2) is 0 Å². The van der Waals surface area contributed by atoms with Gasteiger partial charge in [-0.2, -0.15) is 0 Å². The van der Waals surface area contributed by atoms with Crippen LogP contribution in [0.25, 0.3) is 10.9 Å². The molecule has 35 heavy (non-hydrogen) atoms. The van der Waals surface area contributed by atoms with Crippen LogP contribution in [0.3, 0.4) is 0 Å². The van der Waals surface area contributed by atoms with Crippen LogP contribution in [0, 0.1) is 0 Å². The third kappa shape index (κ3) is 4.78. The monoisotopic (exact) mass is 482 g/mol. The molecule has 1 aromatic carbocycles. The van der Waals surface area contributed by atoms with Crippen molar-refractivity contribution >= 4 is 22.7 Å². The number of fused-ring (bicyclic) bond motifs is 3. The van der Waals surface area contributed by atoms with Gasteiger partial charge < -0.3 is 24.3 Å². The number of methoxy groups -OCH3 is 1. The molecule has 3 aliphatic rings. The Labute approximate surface area is 207 Å². The van der Waals surface area contributed by atoms with Gasteiger partial charge in [-0.05, 0) is 38.0 Å². The maximum atomic E-state index is 13.9. The zero-order valence-corrected chi connectivity index (χ0v) is 21.1. The number of nitrogens with zero attached hydrogens (tertiary/aromatic N) is 3. The summed E-state index contributed by atoms with van der Waals surface area (Å²) >= 11 is 0. The maximum absolute atomic E-state index is 13.9. The minimum absolute atomic E-state index is 0.0462. The van der Waals surface area contributed by atoms with E-state index in [-0.39, 0.29) is 17.9 Å². The van der Waals surface area contributed by atoms with E-state index >= 15 is 0 Å². The van der Waals surface area contributed by atoms with Crippen LogP contribution in [0.15, 0.2) is 24.3 Å². The molecular formula is C27H38N4O4. The predicted octanol–water partition coefficient (Wildman–Crippen LogP) is 3.04. The number of hydrogen-bond acceptors (Lipinski definition) is 5. The number of morpholine rings is 1. The minimum atomic E-state index is -0.975. The standard InChI is InChI=1S/C27H38N4O4/c1-27(26(33)28-21-7-5-3-4-6-8-21)19-30-23-18-22(34-2)10-9-20(23)17-24(30)25(32)31(27)12-11-29-13-15-35-16-14-29/h9-10,17-18,21H,3-8,11-16,19H2,1-2H3,(H,28,33). The van der Waals surface area contributed by atoms with Crippen molar-refractivity contribution in [1.82, 2.24) is 19.7 Å². The molecule has 0 spiro atoms. The average Bonchev–Trinajstić information content (AvgIpc) is 3.03. The van der Waals surface area contributed by atoms with E-state index < -0.39 is 5.54 Å². The van der Waals surface area contributed by atoms with Gasteiger partial charge in [0, 0.05) is 43.7 Å². The van der Waals surface area contributed by atoms with E-state index in [2.05, 4.69) is 10.2 Å². The first kappa shape index (κ1) is 24.1. The Hall–Kier alpha value is -2.58. The van der Waals surface area contributed by atoms with E-state index in [0.29, 0.717) is 32.0 Å². The highest BCUT2D eigenvalue weighted by Crippen LogP contribution is 2.34. The number of amides is 2. The fourth-order valence-electron chi connectivity index (χ4n) is 5.84. The van der Waals surface area contributed by atoms with Crippen LogP contribution < -0.4 is 10.1 Å². The van der Waals surface area contributed by atoms with Crippen molar-refractivity contribution in [2.75, 3.05) is 46.5 Å². The third-order valence-corrected chi connectivity index (χ3v) is 8.06. The quantitative estimate of drug-likeness (QED) is 0.641. The second-order valence-electron chi connectivity index (χ2n) is 10.4. The second-order valence-corrected chi connectivity index (χ2v) is 10.4. The van der Waals surface area contributed by atoms with Crippen molar-refractivity contribution in [1.29, 1.82) is 0 Å². The number of carbonyl (C=O) groups excluding carboxylic acids is 2. The van der Waals surface area contributed by atoms with E-state index in [4.69, 9.17) is 9.47 Å². The fourth-order valence-corrected chi connectivity index (χ4v) is 5.84. The van der Waals surface area contributed by atoms with E-state index in [1.165, 1.54) is 12.8 Å². The Morgan fingerprint density at radius 2 is 1.86 bits per heavy atom. The highest BCUT2D eigenvalue weighted by molar-refractivity contribution is 6.03. The van der Waals surface area contributed by atoms with Crippen LogP contribution in [-0.2, 0) is 16.1 Å². The third-order valence-electron chi connectivity index (χ3n) is 8.06. The van der Waals surface area contributed by atoms with E-state index in [0.717, 1.165) is 62.0 Å². The molecule has 1 atom stereocenters. The predicted molar refractivity (Wildman–Crippen MR) is 135 cm³/mol. The zero-order valence-electron chi connectivity index (χ0n) is 21.1. The highest BCUT2D eigenvalue weighted by Gasteiger charge is 2.48. The van der Waals surface area contributed by atoms with Crippen molar-refractivity contribution in [2.45, 2.75) is 63.6 Å². The lowest BCUT2D eigenvalue weighted by Gasteiger charge is -2.45. The number of hydrogen-bond donors (Lipinski definition) is 1. The molecular weight excluding hydrogens is 444 g/mol. The molecule has 0 bridgehead atoms. The fraction of sp³-hybridized carbons (Fsp3) is 0.630. The smallest absolute Gasteiger partial charge is 0.271 e. The summed E-state index contributed by atoms with van der Waals surface area (Å²) in [6.45, 7) is 6.73. The van der Waals surface area contributed by atoms with Crippen LogP contribution >= 0.6 is 0 Å². The number of nitrogens with one attached hydrogen (secondary N) is 1. The van der Waals surface area contributed by atoms with Crippen molar-refractivity contribution in [3.05, 3.63) is 30.0 Å². The number of benzene rings is 1. The molecule has 190 valence electrons. The summed E-state index contributed by atoms with van der Waals surface area (Å²) in [7, 11) is 1.64. The lowest BCUT2D eigenvalue weighted by atomic mass is 9.93. The van der Waals surface area contributed by atoms with Crippen LogP contribution in [0.1, 0.15) is 55.9 Å². The molecule has 1 unspecified atom stereocenters. The molecule has 2 aliphatic heterocycles. The van der Waals surface area contributed by atoms with Crippen molar-refractivity contribution in [3.8, 4) is 5.75 Å². The maximum Gasteiger partial charge on any atom is 0.271 e. The first-order chi connectivity index (χ1) is 17.0. The van der Waals surface area contributed by atoms with Crippen molar-refractivity contribution in [3.63, 3.8) is 0 Å². The van der Waals surface area contributed by atoms with Gasteiger partial charge in [0.1, 0.15) is 17.0 Å². The number of rotatable bonds is 6. The summed E-state index contributed by atoms with van der Waals surface area (Å²) in [5, 5.41) is 4.33. The number of aromatic nitrogens is 1. The van der Waals surface area contributed by atoms with Gasteiger partial charge in [0.15, 0.2) is 0 Å². The summed E-state index contributed by atoms with van der Waals surface area (Å²) in [4.78, 5) is 32.0. The van der Waals surface area contributed by atoms with Gasteiger partial charge in [-0.3, -0.25) is 14.5 Å². The molecule has 2 fully saturated rings. The Bertz CT molecular complexity index is 1070.